The maximum atomic E-state index is 5.29. The molecular weight excluding hydrogens is 559 g/mol. The molecule has 0 saturated carbocycles. The Hall–Kier alpha value is 0.824. The molecule has 0 N–H and O–H groups in total. The molecule has 0 aromatic carbocycles. The van der Waals surface area contributed by atoms with E-state index in [0.29, 0.717) is 52.3 Å². The smallest absolute Gasteiger partial charge is 0.458 e. The average molecular weight is 644 g/mol. The molecule has 0 aliphatic rings. The second-order valence-corrected chi connectivity index (χ2v) is 5.63. The second-order valence-electron chi connectivity index (χ2n) is 5.63. The summed E-state index contributed by atoms with van der Waals surface area (Å²) in [6.45, 7) is 12.3. The monoisotopic (exact) mass is 644 g/mol. The minimum Gasteiger partial charge on any atom is -0.458 e. The van der Waals surface area contributed by atoms with E-state index in [1.54, 1.807) is 21.3 Å². The van der Waals surface area contributed by atoms with Crippen molar-refractivity contribution in [2.75, 3.05) is 87.8 Å². The molecule has 0 fully saturated rings. The minimum absolute atomic E-state index is 0. The fourth-order valence-electron chi connectivity index (χ4n) is 1.21. The Morgan fingerprint density at radius 3 is 1.05 bits per heavy atom. The second kappa shape index (κ2) is 90.4. The van der Waals surface area contributed by atoms with Gasteiger partial charge in [-0.05, 0) is 14.0 Å². The number of rotatable bonds is 16. The summed E-state index contributed by atoms with van der Waals surface area (Å²) in [6, 6.07) is 0.367. The third-order valence-electron chi connectivity index (χ3n) is 2.98. The van der Waals surface area contributed by atoms with E-state index < -0.39 is 0 Å². The Labute approximate surface area is 273 Å². The average Bonchev–Trinajstić information content (AvgIpc) is 2.67. The first-order valence-corrected chi connectivity index (χ1v) is 9.30. The molecule has 0 heterocycles. The first-order chi connectivity index (χ1) is 13.0. The van der Waals surface area contributed by atoms with Crippen molar-refractivity contribution in [2.45, 2.75) is 101 Å². The number of likely N-dealkylation sites (N-methyl/N-ethyl adjacent to an activating group) is 1. The van der Waals surface area contributed by atoms with Crippen LogP contribution >= 0.6 is 0 Å². The summed E-state index contributed by atoms with van der Waals surface area (Å²) in [5, 5.41) is 0. The number of hydrogen-bond donors (Lipinski definition) is 0. The molecule has 248 valence electrons. The fraction of sp³-hybridized carbons (Fsp3) is 0.900. The van der Waals surface area contributed by atoms with E-state index in [1.165, 1.54) is 0 Å². The Bertz CT molecular complexity index is 219. The molecule has 0 aromatic rings. The first kappa shape index (κ1) is 90.1. The number of hydrogen-bond acceptors (Lipinski definition) is 7. The summed E-state index contributed by atoms with van der Waals surface area (Å²) in [5.74, 6) is 0. The zero-order valence-corrected chi connectivity index (χ0v) is 22.1. The van der Waals surface area contributed by atoms with Gasteiger partial charge in [-0.1, -0.05) is 87.5 Å². The van der Waals surface area contributed by atoms with Crippen LogP contribution in [0, 0.1) is 19.9 Å². The normalized spacial score (nSPS) is 8.13. The number of nitrogens with zero attached hydrogens (tertiary/aromatic N) is 1. The van der Waals surface area contributed by atoms with Crippen LogP contribution in [0.4, 0.5) is 0 Å². The van der Waals surface area contributed by atoms with E-state index in [0.717, 1.165) is 13.2 Å². The van der Waals surface area contributed by atoms with Crippen molar-refractivity contribution in [2.24, 2.45) is 0 Å². The van der Waals surface area contributed by atoms with Gasteiger partial charge in [0.25, 0.3) is 0 Å². The van der Waals surface area contributed by atoms with Crippen molar-refractivity contribution < 1.29 is 61.1 Å². The van der Waals surface area contributed by atoms with E-state index in [4.69, 9.17) is 28.4 Å². The topological polar surface area (TPSA) is 58.6 Å². The molecule has 0 aliphatic carbocycles. The van der Waals surface area contributed by atoms with Crippen molar-refractivity contribution in [1.29, 1.82) is 0 Å². The predicted molar refractivity (Wildman–Crippen MR) is 178 cm³/mol. The Kier molecular flexibility index (Phi) is 214. The minimum atomic E-state index is 0. The van der Waals surface area contributed by atoms with Crippen molar-refractivity contribution in [3.05, 3.63) is 19.9 Å². The molecule has 1 unspecified atom stereocenters. The van der Waals surface area contributed by atoms with E-state index in [1.807, 2.05) is 38.6 Å². The molecule has 8 heteroatoms. The standard InChI is InChI=1S/C8H18NO2.2C6H13O2.10CH4.Y/c1-8(9(2)3)7-11-6-5-10-4;2*1-3-4-8-6-5-7-2;;;;;;;;;;;/h8H,2,5-7H2,1,3-4H3;2*3H,4-6H2,1-2H3;10*1H4;/q3*-1;;;;;;;;;;;+3. The van der Waals surface area contributed by atoms with Gasteiger partial charge in [0.05, 0.1) is 46.2 Å². The predicted octanol–water partition coefficient (Wildman–Crippen LogP) is 8.87. The molecule has 0 amide bonds. The van der Waals surface area contributed by atoms with Crippen LogP contribution in [0.15, 0.2) is 0 Å². The van der Waals surface area contributed by atoms with Crippen LogP contribution in [0.25, 0.3) is 0 Å². The molecule has 0 saturated heterocycles. The molecule has 0 spiro atoms. The van der Waals surface area contributed by atoms with Gasteiger partial charge in [0, 0.05) is 27.4 Å². The fourth-order valence-corrected chi connectivity index (χ4v) is 1.21. The van der Waals surface area contributed by atoms with E-state index in [2.05, 4.69) is 14.0 Å². The summed E-state index contributed by atoms with van der Waals surface area (Å²) in [5.41, 5.74) is 0. The van der Waals surface area contributed by atoms with E-state index in [9.17, 15) is 0 Å². The van der Waals surface area contributed by atoms with Gasteiger partial charge in [0.2, 0.25) is 0 Å². The van der Waals surface area contributed by atoms with E-state index >= 15 is 0 Å². The molecule has 38 heavy (non-hydrogen) atoms. The maximum Gasteiger partial charge on any atom is 3.00 e. The number of methoxy groups -OCH3 is 3. The van der Waals surface area contributed by atoms with Gasteiger partial charge >= 0.3 is 32.7 Å². The van der Waals surface area contributed by atoms with Crippen molar-refractivity contribution >= 4 is 0 Å². The van der Waals surface area contributed by atoms with Gasteiger partial charge < -0.3 is 46.2 Å². The summed E-state index contributed by atoms with van der Waals surface area (Å²) < 4.78 is 29.7. The summed E-state index contributed by atoms with van der Waals surface area (Å²) in [6.07, 6.45) is 3.94. The van der Waals surface area contributed by atoms with Gasteiger partial charge in [-0.3, -0.25) is 7.05 Å². The number of ether oxygens (including phenoxy) is 6. The van der Waals surface area contributed by atoms with Gasteiger partial charge in [-0.25, -0.2) is 0 Å². The van der Waals surface area contributed by atoms with Crippen molar-refractivity contribution in [3.63, 3.8) is 0 Å². The molecule has 0 aliphatic heterocycles. The molecule has 0 radical (unpaired) electrons. The maximum absolute atomic E-state index is 5.29. The van der Waals surface area contributed by atoms with Crippen molar-refractivity contribution in [1.82, 2.24) is 4.90 Å². The molecule has 0 aromatic heterocycles. The van der Waals surface area contributed by atoms with Gasteiger partial charge in [-0.15, -0.1) is 0 Å². The molecule has 0 bridgehead atoms. The van der Waals surface area contributed by atoms with Gasteiger partial charge in [0.1, 0.15) is 0 Å². The SMILES string of the molecule is C.C.C.C.C.C.C.C.C.C.C[CH-]COCCOC.C[CH-]COCCOC.[CH2-]N(C)C(C)COCCOC.[Y+3]. The van der Waals surface area contributed by atoms with Crippen LogP contribution in [-0.4, -0.2) is 98.8 Å². The quantitative estimate of drug-likeness (QED) is 0.123. The summed E-state index contributed by atoms with van der Waals surface area (Å²) >= 11 is 0. The largest absolute Gasteiger partial charge is 3.00 e. The third kappa shape index (κ3) is 109. The summed E-state index contributed by atoms with van der Waals surface area (Å²) in [7, 11) is 10.7. The van der Waals surface area contributed by atoms with Gasteiger partial charge in [0.15, 0.2) is 0 Å². The Morgan fingerprint density at radius 1 is 0.579 bits per heavy atom. The molecule has 0 rings (SSSR count). The van der Waals surface area contributed by atoms with Gasteiger partial charge in [-0.2, -0.15) is 13.8 Å². The molecule has 1 atom stereocenters. The molecule has 7 nitrogen and oxygen atoms in total. The van der Waals surface area contributed by atoms with Crippen LogP contribution in [0.2, 0.25) is 0 Å². The van der Waals surface area contributed by atoms with Crippen LogP contribution in [0.5, 0.6) is 0 Å². The van der Waals surface area contributed by atoms with Crippen LogP contribution < -0.4 is 0 Å². The zero-order valence-electron chi connectivity index (χ0n) is 19.3. The first-order valence-electron chi connectivity index (χ1n) is 9.30. The van der Waals surface area contributed by atoms with E-state index in [-0.39, 0.29) is 107 Å². The third-order valence-corrected chi connectivity index (χ3v) is 2.98. The van der Waals surface area contributed by atoms with Crippen LogP contribution in [0.3, 0.4) is 0 Å². The zero-order chi connectivity index (χ0) is 21.2. The van der Waals surface area contributed by atoms with Crippen molar-refractivity contribution in [3.8, 4) is 0 Å². The Morgan fingerprint density at radius 2 is 0.842 bits per heavy atom. The summed E-state index contributed by atoms with van der Waals surface area (Å²) in [4.78, 5) is 1.88. The molecular formula is C30H84NO6Y. The van der Waals surface area contributed by atoms with Crippen LogP contribution in [0.1, 0.15) is 95.0 Å². The van der Waals surface area contributed by atoms with Crippen LogP contribution in [-0.2, 0) is 61.1 Å². The Balaban J connectivity index is -0.0000000167.